The Bertz CT molecular complexity index is 371. The lowest BCUT2D eigenvalue weighted by atomic mass is 10.2. The molecule has 0 fully saturated rings. The van der Waals surface area contributed by atoms with Gasteiger partial charge in [0.25, 0.3) is 0 Å². The van der Waals surface area contributed by atoms with E-state index in [2.05, 4.69) is 35.4 Å². The number of nitrogens with zero attached hydrogens (tertiary/aromatic N) is 1. The van der Waals surface area contributed by atoms with Gasteiger partial charge in [-0.1, -0.05) is 48.6 Å². The largest absolute Gasteiger partial charge is 0.288 e. The van der Waals surface area contributed by atoms with Crippen molar-refractivity contribution >= 4 is 6.21 Å². The van der Waals surface area contributed by atoms with Crippen molar-refractivity contribution in [1.82, 2.24) is 0 Å². The summed E-state index contributed by atoms with van der Waals surface area (Å²) in [5.74, 6) is 0. The quantitative estimate of drug-likeness (QED) is 0.638. The molecule has 2 rings (SSSR count). The molecule has 0 radical (unpaired) electrons. The van der Waals surface area contributed by atoms with Gasteiger partial charge in [-0.25, -0.2) is 0 Å². The van der Waals surface area contributed by atoms with Gasteiger partial charge in [-0.15, -0.1) is 0 Å². The van der Waals surface area contributed by atoms with Crippen LogP contribution in [-0.4, -0.2) is 6.21 Å². The molecule has 1 heteroatoms. The fourth-order valence-corrected chi connectivity index (χ4v) is 1.41. The highest BCUT2D eigenvalue weighted by molar-refractivity contribution is 5.80. The third kappa shape index (κ3) is 2.43. The van der Waals surface area contributed by atoms with Gasteiger partial charge in [0.1, 0.15) is 0 Å². The normalized spacial score (nSPS) is 15.0. The molecule has 14 heavy (non-hydrogen) atoms. The maximum atomic E-state index is 4.39. The van der Waals surface area contributed by atoms with Gasteiger partial charge in [-0.05, 0) is 17.6 Å². The second-order valence-corrected chi connectivity index (χ2v) is 3.33. The Kier molecular flexibility index (Phi) is 2.92. The van der Waals surface area contributed by atoms with Crippen LogP contribution in [0.25, 0.3) is 0 Å². The Labute approximate surface area is 84.5 Å². The van der Waals surface area contributed by atoms with E-state index in [4.69, 9.17) is 0 Å². The molecule has 1 aromatic rings. The monoisotopic (exact) mass is 183 g/mol. The average molecular weight is 183 g/mol. The second-order valence-electron chi connectivity index (χ2n) is 3.33. The molecule has 0 bridgehead atoms. The van der Waals surface area contributed by atoms with Crippen LogP contribution in [0.2, 0.25) is 0 Å². The van der Waals surface area contributed by atoms with Gasteiger partial charge in [0, 0.05) is 6.21 Å². The minimum atomic E-state index is 0.776. The topological polar surface area (TPSA) is 12.4 Å². The first kappa shape index (κ1) is 8.95. The molecule has 0 spiro atoms. The summed E-state index contributed by atoms with van der Waals surface area (Å²) in [7, 11) is 0. The van der Waals surface area contributed by atoms with Crippen molar-refractivity contribution in [3.05, 3.63) is 59.7 Å². The summed E-state index contributed by atoms with van der Waals surface area (Å²) in [6.45, 7) is 0.776. The summed E-state index contributed by atoms with van der Waals surface area (Å²) in [5, 5.41) is 0. The fraction of sp³-hybridized carbons (Fsp3) is 0.154. The highest BCUT2D eigenvalue weighted by atomic mass is 14.7. The Hall–Kier alpha value is -1.63. The molecule has 0 saturated heterocycles. The highest BCUT2D eigenvalue weighted by Crippen LogP contribution is 2.08. The van der Waals surface area contributed by atoms with Gasteiger partial charge in [0.2, 0.25) is 0 Å². The molecule has 0 saturated carbocycles. The van der Waals surface area contributed by atoms with Crippen LogP contribution in [0.3, 0.4) is 0 Å². The molecule has 0 unspecified atom stereocenters. The van der Waals surface area contributed by atoms with E-state index in [9.17, 15) is 0 Å². The molecule has 1 aromatic carbocycles. The Morgan fingerprint density at radius 2 is 2.07 bits per heavy atom. The van der Waals surface area contributed by atoms with Crippen LogP contribution in [0.5, 0.6) is 0 Å². The number of benzene rings is 1. The minimum absolute atomic E-state index is 0.776. The molecule has 1 aliphatic rings. The molecule has 0 aromatic heterocycles. The number of hydrogen-bond acceptors (Lipinski definition) is 1. The van der Waals surface area contributed by atoms with E-state index < -0.39 is 0 Å². The van der Waals surface area contributed by atoms with E-state index >= 15 is 0 Å². The van der Waals surface area contributed by atoms with E-state index in [1.165, 1.54) is 11.1 Å². The Morgan fingerprint density at radius 3 is 2.79 bits per heavy atom. The van der Waals surface area contributed by atoms with Crippen LogP contribution in [-0.2, 0) is 6.54 Å². The van der Waals surface area contributed by atoms with E-state index in [-0.39, 0.29) is 0 Å². The van der Waals surface area contributed by atoms with Crippen LogP contribution >= 0.6 is 0 Å². The standard InChI is InChI=1S/C13H13N/c1-2-6-12(7-3-1)10-14-11-13-8-4-5-9-13/h1-8,11H,9-10H2/b14-11+. The summed E-state index contributed by atoms with van der Waals surface area (Å²) in [4.78, 5) is 4.39. The van der Waals surface area contributed by atoms with Crippen molar-refractivity contribution in [1.29, 1.82) is 0 Å². The maximum Gasteiger partial charge on any atom is 0.0639 e. The molecule has 0 amide bonds. The fourth-order valence-electron chi connectivity index (χ4n) is 1.41. The van der Waals surface area contributed by atoms with Gasteiger partial charge in [-0.3, -0.25) is 4.99 Å². The van der Waals surface area contributed by atoms with Gasteiger partial charge >= 0.3 is 0 Å². The summed E-state index contributed by atoms with van der Waals surface area (Å²) in [6, 6.07) is 10.3. The molecule has 70 valence electrons. The lowest BCUT2D eigenvalue weighted by Crippen LogP contribution is -1.83. The molecule has 0 N–H and O–H groups in total. The Morgan fingerprint density at radius 1 is 1.21 bits per heavy atom. The summed E-state index contributed by atoms with van der Waals surface area (Å²) in [6.07, 6.45) is 9.31. The zero-order valence-electron chi connectivity index (χ0n) is 8.06. The van der Waals surface area contributed by atoms with E-state index in [0.29, 0.717) is 0 Å². The maximum absolute atomic E-state index is 4.39. The van der Waals surface area contributed by atoms with E-state index in [0.717, 1.165) is 13.0 Å². The first-order valence-electron chi connectivity index (χ1n) is 4.84. The number of hydrogen-bond donors (Lipinski definition) is 0. The summed E-state index contributed by atoms with van der Waals surface area (Å²) >= 11 is 0. The third-order valence-corrected chi connectivity index (χ3v) is 2.17. The molecular weight excluding hydrogens is 170 g/mol. The number of allylic oxidation sites excluding steroid dienone is 4. The van der Waals surface area contributed by atoms with Crippen molar-refractivity contribution in [3.63, 3.8) is 0 Å². The number of aliphatic imine (C=N–C) groups is 1. The summed E-state index contributed by atoms with van der Waals surface area (Å²) in [5.41, 5.74) is 2.55. The SMILES string of the molecule is C1=CCC(/C=N/Cc2ccccc2)=C1. The van der Waals surface area contributed by atoms with E-state index in [1.807, 2.05) is 24.4 Å². The van der Waals surface area contributed by atoms with Crippen molar-refractivity contribution < 1.29 is 0 Å². The molecule has 1 aliphatic carbocycles. The van der Waals surface area contributed by atoms with Crippen LogP contribution in [0.1, 0.15) is 12.0 Å². The van der Waals surface area contributed by atoms with Crippen molar-refractivity contribution in [2.75, 3.05) is 0 Å². The smallest absolute Gasteiger partial charge is 0.0639 e. The van der Waals surface area contributed by atoms with Crippen LogP contribution < -0.4 is 0 Å². The van der Waals surface area contributed by atoms with Crippen LogP contribution in [0.4, 0.5) is 0 Å². The Balaban J connectivity index is 1.88. The van der Waals surface area contributed by atoms with Gasteiger partial charge in [-0.2, -0.15) is 0 Å². The molecule has 0 aliphatic heterocycles. The zero-order chi connectivity index (χ0) is 9.64. The molecule has 1 nitrogen and oxygen atoms in total. The lowest BCUT2D eigenvalue weighted by Gasteiger charge is -1.94. The molecule has 0 heterocycles. The first-order chi connectivity index (χ1) is 6.95. The summed E-state index contributed by atoms with van der Waals surface area (Å²) < 4.78 is 0. The first-order valence-corrected chi connectivity index (χ1v) is 4.84. The van der Waals surface area contributed by atoms with E-state index in [1.54, 1.807) is 0 Å². The molecular formula is C13H13N. The van der Waals surface area contributed by atoms with Crippen molar-refractivity contribution in [2.24, 2.45) is 4.99 Å². The minimum Gasteiger partial charge on any atom is -0.288 e. The third-order valence-electron chi connectivity index (χ3n) is 2.17. The zero-order valence-corrected chi connectivity index (χ0v) is 8.06. The van der Waals surface area contributed by atoms with Crippen LogP contribution in [0, 0.1) is 0 Å². The second kappa shape index (κ2) is 4.56. The predicted molar refractivity (Wildman–Crippen MR) is 60.5 cm³/mol. The van der Waals surface area contributed by atoms with Gasteiger partial charge in [0.15, 0.2) is 0 Å². The van der Waals surface area contributed by atoms with Crippen LogP contribution in [0.15, 0.2) is 59.1 Å². The van der Waals surface area contributed by atoms with Crippen molar-refractivity contribution in [2.45, 2.75) is 13.0 Å². The lowest BCUT2D eigenvalue weighted by molar-refractivity contribution is 1.07. The van der Waals surface area contributed by atoms with Crippen molar-refractivity contribution in [3.8, 4) is 0 Å². The highest BCUT2D eigenvalue weighted by Gasteiger charge is 1.93. The van der Waals surface area contributed by atoms with Gasteiger partial charge < -0.3 is 0 Å². The molecule has 0 atom stereocenters. The van der Waals surface area contributed by atoms with Gasteiger partial charge in [0.05, 0.1) is 6.54 Å². The number of rotatable bonds is 3. The predicted octanol–water partition coefficient (Wildman–Crippen LogP) is 3.14. The average Bonchev–Trinajstić information content (AvgIpc) is 2.72.